The zero-order valence-corrected chi connectivity index (χ0v) is 13.3. The van der Waals surface area contributed by atoms with Crippen molar-refractivity contribution in [3.05, 3.63) is 21.1 Å². The predicted molar refractivity (Wildman–Crippen MR) is 78.6 cm³/mol. The second-order valence-electron chi connectivity index (χ2n) is 3.63. The largest absolute Gasteiger partial charge is 0.397 e. The molecule has 0 saturated carbocycles. The summed E-state index contributed by atoms with van der Waals surface area (Å²) in [5.41, 5.74) is 6.54. The monoisotopic (exact) mass is 384 g/mol. The average molecular weight is 386 g/mol. The molecule has 7 heteroatoms. The van der Waals surface area contributed by atoms with E-state index in [1.165, 1.54) is 0 Å². The summed E-state index contributed by atoms with van der Waals surface area (Å²) in [5.74, 6) is 0.103. The summed E-state index contributed by atoms with van der Waals surface area (Å²) in [4.78, 5) is 0. The van der Waals surface area contributed by atoms with Crippen LogP contribution in [0, 0.1) is 0 Å². The van der Waals surface area contributed by atoms with Crippen LogP contribution in [0.2, 0.25) is 0 Å². The normalized spacial score (nSPS) is 11.5. The maximum absolute atomic E-state index is 11.7. The van der Waals surface area contributed by atoms with Crippen molar-refractivity contribution in [2.24, 2.45) is 0 Å². The van der Waals surface area contributed by atoms with Gasteiger partial charge in [-0.25, -0.2) is 8.42 Å². The van der Waals surface area contributed by atoms with Gasteiger partial charge >= 0.3 is 0 Å². The third-order valence-electron chi connectivity index (χ3n) is 2.11. The van der Waals surface area contributed by atoms with Gasteiger partial charge in [-0.3, -0.25) is 4.72 Å². The van der Waals surface area contributed by atoms with Crippen LogP contribution < -0.4 is 10.5 Å². The number of benzene rings is 1. The number of nitrogens with one attached hydrogen (secondary N) is 1. The van der Waals surface area contributed by atoms with E-state index in [0.29, 0.717) is 22.3 Å². The summed E-state index contributed by atoms with van der Waals surface area (Å²) < 4.78 is 27.4. The van der Waals surface area contributed by atoms with Gasteiger partial charge in [-0.1, -0.05) is 29.3 Å². The van der Waals surface area contributed by atoms with Crippen molar-refractivity contribution >= 4 is 53.3 Å². The second-order valence-corrected chi connectivity index (χ2v) is 7.24. The van der Waals surface area contributed by atoms with Crippen LogP contribution in [-0.4, -0.2) is 14.2 Å². The zero-order valence-electron chi connectivity index (χ0n) is 9.33. The summed E-state index contributed by atoms with van der Waals surface area (Å²) in [6.07, 6.45) is 1.46. The highest BCUT2D eigenvalue weighted by molar-refractivity contribution is 9.11. The lowest BCUT2D eigenvalue weighted by Crippen LogP contribution is -2.17. The molecule has 0 fully saturated rings. The minimum absolute atomic E-state index is 0.103. The van der Waals surface area contributed by atoms with Crippen LogP contribution in [0.4, 0.5) is 11.4 Å². The fourth-order valence-electron chi connectivity index (χ4n) is 1.24. The van der Waals surface area contributed by atoms with Gasteiger partial charge in [0.2, 0.25) is 10.0 Å². The Morgan fingerprint density at radius 1 is 1.35 bits per heavy atom. The molecule has 0 saturated heterocycles. The summed E-state index contributed by atoms with van der Waals surface area (Å²) >= 11 is 6.56. The predicted octanol–water partition coefficient (Wildman–Crippen LogP) is 3.34. The number of halogens is 2. The number of rotatable bonds is 5. The summed E-state index contributed by atoms with van der Waals surface area (Å²) in [6, 6.07) is 3.40. The van der Waals surface area contributed by atoms with Crippen molar-refractivity contribution in [3.63, 3.8) is 0 Å². The van der Waals surface area contributed by atoms with E-state index in [4.69, 9.17) is 5.73 Å². The number of sulfonamides is 1. The first-order chi connectivity index (χ1) is 7.85. The number of hydrogen-bond acceptors (Lipinski definition) is 3. The summed E-state index contributed by atoms with van der Waals surface area (Å²) in [7, 11) is -3.33. The molecule has 1 aromatic rings. The molecule has 0 atom stereocenters. The van der Waals surface area contributed by atoms with Crippen LogP contribution in [0.25, 0.3) is 0 Å². The highest BCUT2D eigenvalue weighted by Gasteiger charge is 2.14. The van der Waals surface area contributed by atoms with Crippen molar-refractivity contribution in [1.29, 1.82) is 0 Å². The smallest absolute Gasteiger partial charge is 0.232 e. The van der Waals surface area contributed by atoms with E-state index < -0.39 is 10.0 Å². The number of nitrogen functional groups attached to an aromatic ring is 1. The van der Waals surface area contributed by atoms with Crippen LogP contribution in [-0.2, 0) is 10.0 Å². The van der Waals surface area contributed by atoms with E-state index in [9.17, 15) is 8.42 Å². The Morgan fingerprint density at radius 3 is 2.53 bits per heavy atom. The first-order valence-electron chi connectivity index (χ1n) is 5.10. The fourth-order valence-corrected chi connectivity index (χ4v) is 4.04. The number of hydrogen-bond donors (Lipinski definition) is 2. The lowest BCUT2D eigenvalue weighted by molar-refractivity contribution is 0.598. The van der Waals surface area contributed by atoms with Gasteiger partial charge in [0.25, 0.3) is 0 Å². The summed E-state index contributed by atoms with van der Waals surface area (Å²) in [5, 5.41) is 0. The van der Waals surface area contributed by atoms with Gasteiger partial charge in [0.1, 0.15) is 0 Å². The van der Waals surface area contributed by atoms with Gasteiger partial charge < -0.3 is 5.73 Å². The molecule has 17 heavy (non-hydrogen) atoms. The van der Waals surface area contributed by atoms with Gasteiger partial charge in [-0.2, -0.15) is 0 Å². The minimum atomic E-state index is -3.33. The first-order valence-corrected chi connectivity index (χ1v) is 8.34. The molecule has 0 spiro atoms. The van der Waals surface area contributed by atoms with Crippen molar-refractivity contribution in [2.45, 2.75) is 19.8 Å². The highest BCUT2D eigenvalue weighted by Crippen LogP contribution is 2.33. The molecule has 4 nitrogen and oxygen atoms in total. The first kappa shape index (κ1) is 14.8. The maximum Gasteiger partial charge on any atom is 0.232 e. The van der Waals surface area contributed by atoms with Crippen molar-refractivity contribution in [1.82, 2.24) is 0 Å². The molecule has 0 amide bonds. The highest BCUT2D eigenvalue weighted by atomic mass is 79.9. The third kappa shape index (κ3) is 4.48. The van der Waals surface area contributed by atoms with Gasteiger partial charge in [-0.05, 0) is 34.5 Å². The minimum Gasteiger partial charge on any atom is -0.397 e. The fraction of sp³-hybridized carbons (Fsp3) is 0.400. The van der Waals surface area contributed by atoms with E-state index in [2.05, 4.69) is 36.6 Å². The quantitative estimate of drug-likeness (QED) is 0.763. The standard InChI is InChI=1S/C10H14Br2N2O2S/c1-2-3-4-17(15,16)14-10-8(12)5-7(11)6-9(10)13/h5-6,14H,2-4,13H2,1H3. The number of unbranched alkanes of at least 4 members (excludes halogenated alkanes) is 1. The van der Waals surface area contributed by atoms with Crippen LogP contribution in [0.15, 0.2) is 21.1 Å². The van der Waals surface area contributed by atoms with Crippen LogP contribution in [0.5, 0.6) is 0 Å². The molecule has 0 bridgehead atoms. The van der Waals surface area contributed by atoms with Crippen molar-refractivity contribution < 1.29 is 8.42 Å². The molecule has 0 heterocycles. The van der Waals surface area contributed by atoms with E-state index in [1.54, 1.807) is 12.1 Å². The molecule has 0 aliphatic carbocycles. The van der Waals surface area contributed by atoms with E-state index >= 15 is 0 Å². The van der Waals surface area contributed by atoms with Gasteiger partial charge in [0, 0.05) is 8.95 Å². The molecule has 0 unspecified atom stereocenters. The molecule has 0 aliphatic heterocycles. The maximum atomic E-state index is 11.7. The Bertz CT molecular complexity index is 480. The van der Waals surface area contributed by atoms with Crippen molar-refractivity contribution in [2.75, 3.05) is 16.2 Å². The molecule has 0 aliphatic rings. The van der Waals surface area contributed by atoms with E-state index in [0.717, 1.165) is 10.9 Å². The Hall–Kier alpha value is -0.270. The zero-order chi connectivity index (χ0) is 13.1. The SMILES string of the molecule is CCCCS(=O)(=O)Nc1c(N)cc(Br)cc1Br. The van der Waals surface area contributed by atoms with E-state index in [-0.39, 0.29) is 5.75 Å². The lowest BCUT2D eigenvalue weighted by Gasteiger charge is -2.12. The molecule has 3 N–H and O–H groups in total. The lowest BCUT2D eigenvalue weighted by atomic mass is 10.3. The van der Waals surface area contributed by atoms with Gasteiger partial charge in [-0.15, -0.1) is 0 Å². The average Bonchev–Trinajstić information content (AvgIpc) is 2.21. The van der Waals surface area contributed by atoms with Crippen LogP contribution in [0.1, 0.15) is 19.8 Å². The Balaban J connectivity index is 2.96. The Kier molecular flexibility index (Phi) is 5.27. The molecule has 0 aromatic heterocycles. The molecular formula is C10H14Br2N2O2S. The van der Waals surface area contributed by atoms with Crippen LogP contribution in [0.3, 0.4) is 0 Å². The Labute approximate surface area is 118 Å². The second kappa shape index (κ2) is 6.06. The third-order valence-corrected chi connectivity index (χ3v) is 4.53. The Morgan fingerprint density at radius 2 is 2.00 bits per heavy atom. The molecular weight excluding hydrogens is 372 g/mol. The van der Waals surface area contributed by atoms with Gasteiger partial charge in [0.15, 0.2) is 0 Å². The van der Waals surface area contributed by atoms with Gasteiger partial charge in [0.05, 0.1) is 17.1 Å². The topological polar surface area (TPSA) is 72.2 Å². The molecule has 0 radical (unpaired) electrons. The summed E-state index contributed by atoms with van der Waals surface area (Å²) in [6.45, 7) is 1.94. The molecule has 96 valence electrons. The number of nitrogens with two attached hydrogens (primary N) is 1. The molecule has 1 rings (SSSR count). The van der Waals surface area contributed by atoms with Crippen LogP contribution >= 0.6 is 31.9 Å². The van der Waals surface area contributed by atoms with Crippen molar-refractivity contribution in [3.8, 4) is 0 Å². The molecule has 1 aromatic carbocycles. The van der Waals surface area contributed by atoms with E-state index in [1.807, 2.05) is 6.92 Å². The number of anilines is 2.